The van der Waals surface area contributed by atoms with Crippen LogP contribution in [0.3, 0.4) is 0 Å². The molecule has 0 unspecified atom stereocenters. The zero-order chi connectivity index (χ0) is 8.85. The largest absolute Gasteiger partial charge is 0.469 e. The predicted molar refractivity (Wildman–Crippen MR) is 35.7 cm³/mol. The molecule has 0 saturated carbocycles. The van der Waals surface area contributed by atoms with Crippen LogP contribution in [0.4, 0.5) is 0 Å². The number of methoxy groups -OCH3 is 1. The van der Waals surface area contributed by atoms with Gasteiger partial charge in [0.1, 0.15) is 6.10 Å². The molecule has 0 heterocycles. The summed E-state index contributed by atoms with van der Waals surface area (Å²) in [6, 6.07) is 0. The van der Waals surface area contributed by atoms with Crippen molar-refractivity contribution in [2.24, 2.45) is 0 Å². The second-order valence-corrected chi connectivity index (χ2v) is 2.10. The van der Waals surface area contributed by atoms with E-state index in [1.54, 1.807) is 0 Å². The maximum Gasteiger partial charge on any atom is 0.308 e. The Kier molecular flexibility index (Phi) is 4.76. The topological polar surface area (TPSA) is 87.0 Å². The van der Waals surface area contributed by atoms with Gasteiger partial charge in [-0.15, -0.1) is 0 Å². The molecule has 2 atom stereocenters. The van der Waals surface area contributed by atoms with E-state index in [-0.39, 0.29) is 6.42 Å². The van der Waals surface area contributed by atoms with Crippen molar-refractivity contribution in [3.05, 3.63) is 0 Å². The van der Waals surface area contributed by atoms with Crippen LogP contribution in [0.2, 0.25) is 0 Å². The second kappa shape index (κ2) is 5.06. The second-order valence-electron chi connectivity index (χ2n) is 2.10. The Bertz CT molecular complexity index is 124. The molecule has 0 aromatic rings. The van der Waals surface area contributed by atoms with Crippen LogP contribution in [0, 0.1) is 0 Å². The summed E-state index contributed by atoms with van der Waals surface area (Å²) in [5, 5.41) is 26.0. The summed E-state index contributed by atoms with van der Waals surface area (Å²) in [7, 11) is 1.18. The summed E-state index contributed by atoms with van der Waals surface area (Å²) in [4.78, 5) is 10.5. The number of carbonyl (C=O) groups excluding carboxylic acids is 1. The minimum absolute atomic E-state index is 0.307. The molecule has 0 amide bonds. The van der Waals surface area contributed by atoms with Gasteiger partial charge in [0.25, 0.3) is 0 Å². The lowest BCUT2D eigenvalue weighted by Gasteiger charge is -2.13. The van der Waals surface area contributed by atoms with Crippen LogP contribution in [0.25, 0.3) is 0 Å². The van der Waals surface area contributed by atoms with Crippen molar-refractivity contribution in [3.63, 3.8) is 0 Å². The lowest BCUT2D eigenvalue weighted by molar-refractivity contribution is -0.145. The minimum Gasteiger partial charge on any atom is -0.469 e. The van der Waals surface area contributed by atoms with Gasteiger partial charge < -0.3 is 20.1 Å². The first-order chi connectivity index (χ1) is 5.11. The Morgan fingerprint density at radius 3 is 2.36 bits per heavy atom. The molecule has 0 aromatic carbocycles. The van der Waals surface area contributed by atoms with Crippen molar-refractivity contribution in [1.82, 2.24) is 0 Å². The fraction of sp³-hybridized carbons (Fsp3) is 0.833. The Morgan fingerprint density at radius 2 is 2.00 bits per heavy atom. The molecule has 0 spiro atoms. The number of esters is 1. The highest BCUT2D eigenvalue weighted by Crippen LogP contribution is 1.99. The molecule has 0 aliphatic heterocycles. The Morgan fingerprint density at radius 1 is 1.45 bits per heavy atom. The summed E-state index contributed by atoms with van der Waals surface area (Å²) < 4.78 is 4.22. The highest BCUT2D eigenvalue weighted by molar-refractivity contribution is 5.69. The van der Waals surface area contributed by atoms with Crippen molar-refractivity contribution in [3.8, 4) is 0 Å². The third-order valence-electron chi connectivity index (χ3n) is 1.23. The monoisotopic (exact) mass is 164 g/mol. The van der Waals surface area contributed by atoms with Gasteiger partial charge >= 0.3 is 5.97 Å². The van der Waals surface area contributed by atoms with Crippen molar-refractivity contribution < 1.29 is 24.9 Å². The Labute approximate surface area is 64.2 Å². The number of aliphatic hydroxyl groups is 3. The molecule has 3 N–H and O–H groups in total. The van der Waals surface area contributed by atoms with Crippen LogP contribution < -0.4 is 0 Å². The number of aliphatic hydroxyl groups excluding tert-OH is 3. The quantitative estimate of drug-likeness (QED) is 0.429. The normalized spacial score (nSPS) is 15.6. The molecule has 66 valence electrons. The molecular weight excluding hydrogens is 152 g/mol. The first kappa shape index (κ1) is 10.3. The van der Waals surface area contributed by atoms with Crippen LogP contribution in [0.5, 0.6) is 0 Å². The highest BCUT2D eigenvalue weighted by Gasteiger charge is 2.18. The predicted octanol–water partition coefficient (Wildman–Crippen LogP) is -1.74. The molecule has 11 heavy (non-hydrogen) atoms. The fourth-order valence-electron chi connectivity index (χ4n) is 0.512. The molecular formula is C6H12O5. The van der Waals surface area contributed by atoms with Gasteiger partial charge in [-0.05, 0) is 0 Å². The van der Waals surface area contributed by atoms with Gasteiger partial charge in [0.05, 0.1) is 26.2 Å². The molecule has 0 radical (unpaired) electrons. The molecule has 0 aromatic heterocycles. The van der Waals surface area contributed by atoms with Crippen molar-refractivity contribution in [1.29, 1.82) is 0 Å². The smallest absolute Gasteiger partial charge is 0.308 e. The van der Waals surface area contributed by atoms with E-state index in [1.165, 1.54) is 7.11 Å². The van der Waals surface area contributed by atoms with Gasteiger partial charge in [-0.25, -0.2) is 0 Å². The first-order valence-electron chi connectivity index (χ1n) is 3.15. The van der Waals surface area contributed by atoms with E-state index in [9.17, 15) is 4.79 Å². The summed E-state index contributed by atoms with van der Waals surface area (Å²) in [5.41, 5.74) is 0. The summed E-state index contributed by atoms with van der Waals surface area (Å²) in [5.74, 6) is -0.620. The van der Waals surface area contributed by atoms with Crippen molar-refractivity contribution in [2.75, 3.05) is 13.7 Å². The zero-order valence-corrected chi connectivity index (χ0v) is 6.23. The van der Waals surface area contributed by atoms with Gasteiger partial charge in [-0.3, -0.25) is 4.79 Å². The summed E-state index contributed by atoms with van der Waals surface area (Å²) >= 11 is 0. The van der Waals surface area contributed by atoms with E-state index in [4.69, 9.17) is 15.3 Å². The molecule has 0 aliphatic rings. The minimum atomic E-state index is -1.28. The summed E-state index contributed by atoms with van der Waals surface area (Å²) in [6.45, 7) is -0.571. The van der Waals surface area contributed by atoms with E-state index in [0.717, 1.165) is 0 Å². The van der Waals surface area contributed by atoms with Gasteiger partial charge in [0.2, 0.25) is 0 Å². The van der Waals surface area contributed by atoms with Crippen LogP contribution in [0.1, 0.15) is 6.42 Å². The third kappa shape index (κ3) is 3.92. The fourth-order valence-corrected chi connectivity index (χ4v) is 0.512. The standard InChI is InChI=1S/C6H12O5/c1-11-6(10)2-4(8)5(9)3-7/h4-5,7-9H,2-3H2,1H3/t4-,5-/m0/s1. The first-order valence-corrected chi connectivity index (χ1v) is 3.15. The van der Waals surface area contributed by atoms with E-state index in [0.29, 0.717) is 0 Å². The molecule has 0 fully saturated rings. The Balaban J connectivity index is 3.67. The number of ether oxygens (including phenoxy) is 1. The molecule has 0 bridgehead atoms. The molecule has 0 rings (SSSR count). The van der Waals surface area contributed by atoms with Crippen LogP contribution in [-0.2, 0) is 9.53 Å². The van der Waals surface area contributed by atoms with Gasteiger partial charge in [0.15, 0.2) is 0 Å². The number of carbonyl (C=O) groups is 1. The zero-order valence-electron chi connectivity index (χ0n) is 6.23. The number of rotatable bonds is 4. The van der Waals surface area contributed by atoms with Crippen molar-refractivity contribution >= 4 is 5.97 Å². The third-order valence-corrected chi connectivity index (χ3v) is 1.23. The molecule has 0 aliphatic carbocycles. The molecule has 5 heteroatoms. The average molecular weight is 164 g/mol. The van der Waals surface area contributed by atoms with Gasteiger partial charge in [0, 0.05) is 0 Å². The lowest BCUT2D eigenvalue weighted by Crippen LogP contribution is -2.31. The average Bonchev–Trinajstić information content (AvgIpc) is 2.02. The van der Waals surface area contributed by atoms with E-state index < -0.39 is 24.8 Å². The highest BCUT2D eigenvalue weighted by atomic mass is 16.5. The van der Waals surface area contributed by atoms with E-state index in [1.807, 2.05) is 0 Å². The SMILES string of the molecule is COC(=O)C[C@H](O)[C@@H](O)CO. The molecule has 5 nitrogen and oxygen atoms in total. The Hall–Kier alpha value is -0.650. The maximum absolute atomic E-state index is 10.5. The lowest BCUT2D eigenvalue weighted by atomic mass is 10.1. The summed E-state index contributed by atoms with van der Waals surface area (Å²) in [6.07, 6.45) is -2.85. The van der Waals surface area contributed by atoms with Crippen LogP contribution >= 0.6 is 0 Å². The van der Waals surface area contributed by atoms with Crippen molar-refractivity contribution in [2.45, 2.75) is 18.6 Å². The van der Waals surface area contributed by atoms with Gasteiger partial charge in [-0.2, -0.15) is 0 Å². The van der Waals surface area contributed by atoms with Crippen LogP contribution in [0.15, 0.2) is 0 Å². The van der Waals surface area contributed by atoms with Gasteiger partial charge in [-0.1, -0.05) is 0 Å². The molecule has 0 saturated heterocycles. The van der Waals surface area contributed by atoms with E-state index in [2.05, 4.69) is 4.74 Å². The number of hydrogen-bond acceptors (Lipinski definition) is 5. The van der Waals surface area contributed by atoms with Crippen LogP contribution in [-0.4, -0.2) is 47.2 Å². The van der Waals surface area contributed by atoms with E-state index >= 15 is 0 Å². The maximum atomic E-state index is 10.5. The number of hydrogen-bond donors (Lipinski definition) is 3.